The molecule has 1 aromatic carbocycles. The lowest BCUT2D eigenvalue weighted by molar-refractivity contribution is 0.00299. The number of nitrogens with one attached hydrogen (secondary N) is 2. The second kappa shape index (κ2) is 6.20. The molecule has 112 valence electrons. The Morgan fingerprint density at radius 3 is 2.70 bits per heavy atom. The minimum absolute atomic E-state index is 0.314. The second-order valence-corrected chi connectivity index (χ2v) is 7.11. The first-order valence-electron chi connectivity index (χ1n) is 6.53. The number of benzene rings is 1. The number of ether oxygens (including phenoxy) is 1. The molecule has 1 aliphatic carbocycles. The predicted molar refractivity (Wildman–Crippen MR) is 82.0 cm³/mol. The molecule has 1 saturated carbocycles. The van der Waals surface area contributed by atoms with Crippen molar-refractivity contribution in [3.8, 4) is 0 Å². The summed E-state index contributed by atoms with van der Waals surface area (Å²) in [4.78, 5) is 0. The van der Waals surface area contributed by atoms with Gasteiger partial charge in [-0.05, 0) is 38.0 Å². The van der Waals surface area contributed by atoms with Crippen molar-refractivity contribution in [3.05, 3.63) is 23.2 Å². The Hall–Kier alpha value is -0.980. The van der Waals surface area contributed by atoms with Crippen LogP contribution >= 0.6 is 11.6 Å². The summed E-state index contributed by atoms with van der Waals surface area (Å²) in [5, 5.41) is 3.89. The summed E-state index contributed by atoms with van der Waals surface area (Å²) in [6, 6.07) is 5.34. The van der Waals surface area contributed by atoms with Gasteiger partial charge in [-0.25, -0.2) is 8.42 Å². The molecule has 0 spiro atoms. The van der Waals surface area contributed by atoms with E-state index >= 15 is 0 Å². The molecule has 0 saturated heterocycles. The highest BCUT2D eigenvalue weighted by atomic mass is 35.5. The Labute approximate surface area is 124 Å². The Kier molecular flexibility index (Phi) is 4.78. The molecule has 0 atom stereocenters. The monoisotopic (exact) mass is 318 g/mol. The summed E-state index contributed by atoms with van der Waals surface area (Å²) >= 11 is 6.12. The van der Waals surface area contributed by atoms with Gasteiger partial charge in [0.15, 0.2) is 0 Å². The zero-order chi connectivity index (χ0) is 14.8. The Morgan fingerprint density at radius 1 is 1.40 bits per heavy atom. The van der Waals surface area contributed by atoms with Crippen LogP contribution in [0.1, 0.15) is 19.8 Å². The lowest BCUT2D eigenvalue weighted by Crippen LogP contribution is -2.40. The zero-order valence-corrected chi connectivity index (χ0v) is 13.1. The van der Waals surface area contributed by atoms with Gasteiger partial charge in [0.1, 0.15) is 0 Å². The summed E-state index contributed by atoms with van der Waals surface area (Å²) in [5.41, 5.74) is 1.24. The van der Waals surface area contributed by atoms with Crippen LogP contribution in [0.15, 0.2) is 18.2 Å². The van der Waals surface area contributed by atoms with Crippen LogP contribution in [0.2, 0.25) is 5.02 Å². The van der Waals surface area contributed by atoms with Crippen LogP contribution < -0.4 is 10.0 Å². The molecule has 0 bridgehead atoms. The van der Waals surface area contributed by atoms with Gasteiger partial charge in [-0.1, -0.05) is 11.6 Å². The quantitative estimate of drug-likeness (QED) is 0.846. The molecule has 0 unspecified atom stereocenters. The van der Waals surface area contributed by atoms with E-state index in [0.717, 1.165) is 31.4 Å². The number of sulfonamides is 1. The molecule has 2 N–H and O–H groups in total. The molecule has 0 aromatic heterocycles. The van der Waals surface area contributed by atoms with Gasteiger partial charge in [0.25, 0.3) is 0 Å². The van der Waals surface area contributed by atoms with Gasteiger partial charge >= 0.3 is 0 Å². The fourth-order valence-corrected chi connectivity index (χ4v) is 2.92. The van der Waals surface area contributed by atoms with E-state index in [9.17, 15) is 8.42 Å². The highest BCUT2D eigenvalue weighted by Gasteiger charge is 2.29. The van der Waals surface area contributed by atoms with E-state index in [1.165, 1.54) is 0 Å². The van der Waals surface area contributed by atoms with Crippen molar-refractivity contribution in [1.29, 1.82) is 0 Å². The molecule has 0 aliphatic heterocycles. The SMILES string of the molecule is CCOC1CC(Nc2cc(NS(C)(=O)=O)ccc2Cl)C1. The fourth-order valence-electron chi connectivity index (χ4n) is 2.19. The smallest absolute Gasteiger partial charge is 0.229 e. The van der Waals surface area contributed by atoms with E-state index in [-0.39, 0.29) is 0 Å². The van der Waals surface area contributed by atoms with Crippen LogP contribution in [0.5, 0.6) is 0 Å². The molecule has 7 heteroatoms. The molecular formula is C13H19ClN2O3S. The Balaban J connectivity index is 1.99. The zero-order valence-electron chi connectivity index (χ0n) is 11.5. The minimum Gasteiger partial charge on any atom is -0.381 e. The van der Waals surface area contributed by atoms with Crippen LogP contribution in [-0.2, 0) is 14.8 Å². The van der Waals surface area contributed by atoms with Crippen LogP contribution in [0.3, 0.4) is 0 Å². The van der Waals surface area contributed by atoms with E-state index in [4.69, 9.17) is 16.3 Å². The molecule has 1 aromatic rings. The summed E-state index contributed by atoms with van der Waals surface area (Å²) in [6.45, 7) is 2.71. The number of halogens is 1. The van der Waals surface area contributed by atoms with Crippen LogP contribution in [0.4, 0.5) is 11.4 Å². The number of rotatable bonds is 6. The maximum absolute atomic E-state index is 11.2. The first-order valence-corrected chi connectivity index (χ1v) is 8.80. The van der Waals surface area contributed by atoms with Crippen LogP contribution in [-0.4, -0.2) is 33.4 Å². The first-order chi connectivity index (χ1) is 9.37. The molecule has 0 amide bonds. The average Bonchev–Trinajstić information content (AvgIpc) is 2.28. The Bertz CT molecular complexity index is 571. The maximum Gasteiger partial charge on any atom is 0.229 e. The van der Waals surface area contributed by atoms with Crippen molar-refractivity contribution < 1.29 is 13.2 Å². The third kappa shape index (κ3) is 4.26. The lowest BCUT2D eigenvalue weighted by atomic mass is 9.89. The van der Waals surface area contributed by atoms with Gasteiger partial charge in [-0.2, -0.15) is 0 Å². The molecular weight excluding hydrogens is 300 g/mol. The van der Waals surface area contributed by atoms with E-state index in [0.29, 0.717) is 22.9 Å². The van der Waals surface area contributed by atoms with E-state index in [2.05, 4.69) is 10.0 Å². The summed E-state index contributed by atoms with van der Waals surface area (Å²) in [7, 11) is -3.28. The number of anilines is 2. The first kappa shape index (κ1) is 15.4. The third-order valence-corrected chi connectivity index (χ3v) is 4.06. The van der Waals surface area contributed by atoms with E-state index in [1.807, 2.05) is 6.92 Å². The number of hydrogen-bond acceptors (Lipinski definition) is 4. The third-order valence-electron chi connectivity index (χ3n) is 3.13. The standard InChI is InChI=1S/C13H19ClN2O3S/c1-3-19-11-6-10(7-11)15-13-8-9(4-5-12(13)14)16-20(2,17)18/h4-5,8,10-11,15-16H,3,6-7H2,1-2H3. The van der Waals surface area contributed by atoms with Crippen molar-refractivity contribution in [2.75, 3.05) is 22.9 Å². The highest BCUT2D eigenvalue weighted by Crippen LogP contribution is 2.31. The average molecular weight is 319 g/mol. The van der Waals surface area contributed by atoms with Gasteiger partial charge in [0.05, 0.1) is 28.8 Å². The second-order valence-electron chi connectivity index (χ2n) is 4.96. The van der Waals surface area contributed by atoms with E-state index < -0.39 is 10.0 Å². The van der Waals surface area contributed by atoms with Gasteiger partial charge in [-0.15, -0.1) is 0 Å². The molecule has 5 nitrogen and oxygen atoms in total. The summed E-state index contributed by atoms with van der Waals surface area (Å²) in [6.07, 6.45) is 3.31. The van der Waals surface area contributed by atoms with Gasteiger partial charge < -0.3 is 10.1 Å². The van der Waals surface area contributed by atoms with Crippen molar-refractivity contribution in [3.63, 3.8) is 0 Å². The van der Waals surface area contributed by atoms with Gasteiger partial charge in [-0.3, -0.25) is 4.72 Å². The summed E-state index contributed by atoms with van der Waals surface area (Å²) in [5.74, 6) is 0. The van der Waals surface area contributed by atoms with E-state index in [1.54, 1.807) is 18.2 Å². The van der Waals surface area contributed by atoms with Crippen LogP contribution in [0.25, 0.3) is 0 Å². The van der Waals surface area contributed by atoms with Gasteiger partial charge in [0.2, 0.25) is 10.0 Å². The van der Waals surface area contributed by atoms with Crippen molar-refractivity contribution in [2.45, 2.75) is 31.9 Å². The van der Waals surface area contributed by atoms with Gasteiger partial charge in [0, 0.05) is 12.6 Å². The normalized spacial score (nSPS) is 22.1. The molecule has 20 heavy (non-hydrogen) atoms. The number of hydrogen-bond donors (Lipinski definition) is 2. The summed E-state index contributed by atoms with van der Waals surface area (Å²) < 4.78 is 30.4. The predicted octanol–water partition coefficient (Wildman–Crippen LogP) is 2.69. The van der Waals surface area contributed by atoms with Crippen molar-refractivity contribution in [1.82, 2.24) is 0 Å². The molecule has 2 rings (SSSR count). The molecule has 0 heterocycles. The largest absolute Gasteiger partial charge is 0.381 e. The topological polar surface area (TPSA) is 67.4 Å². The lowest BCUT2D eigenvalue weighted by Gasteiger charge is -2.36. The van der Waals surface area contributed by atoms with Crippen molar-refractivity contribution >= 4 is 33.0 Å². The minimum atomic E-state index is -3.28. The Morgan fingerprint density at radius 2 is 2.10 bits per heavy atom. The molecule has 1 fully saturated rings. The fraction of sp³-hybridized carbons (Fsp3) is 0.538. The van der Waals surface area contributed by atoms with Crippen molar-refractivity contribution in [2.24, 2.45) is 0 Å². The molecule has 1 aliphatic rings. The van der Waals surface area contributed by atoms with Crippen LogP contribution in [0, 0.1) is 0 Å². The maximum atomic E-state index is 11.2. The highest BCUT2D eigenvalue weighted by molar-refractivity contribution is 7.92. The molecule has 0 radical (unpaired) electrons.